The molecule has 0 amide bonds. The normalized spacial score (nSPS) is 14.1. The summed E-state index contributed by atoms with van der Waals surface area (Å²) in [5, 5.41) is 0.524. The van der Waals surface area contributed by atoms with Crippen LogP contribution < -0.4 is 0 Å². The smallest absolute Gasteiger partial charge is 0.330 e. The Kier molecular flexibility index (Phi) is 10.4. The molecule has 0 bridgehead atoms. The molecule has 0 fully saturated rings. The van der Waals surface area contributed by atoms with E-state index in [0.29, 0.717) is 11.8 Å². The van der Waals surface area contributed by atoms with Crippen LogP contribution in [0.2, 0.25) is 0 Å². The molecule has 2 atom stereocenters. The highest BCUT2D eigenvalue weighted by Crippen LogP contribution is 2.18. The van der Waals surface area contributed by atoms with Gasteiger partial charge in [-0.2, -0.15) is 0 Å². The van der Waals surface area contributed by atoms with E-state index in [1.807, 2.05) is 6.92 Å². The molecule has 0 aliphatic carbocycles. The molecule has 0 heterocycles. The van der Waals surface area contributed by atoms with Crippen LogP contribution in [0.4, 0.5) is 0 Å². The van der Waals surface area contributed by atoms with Gasteiger partial charge in [0.05, 0.1) is 0 Å². The zero-order valence-corrected chi connectivity index (χ0v) is 15.1. The lowest BCUT2D eigenvalue weighted by molar-refractivity contribution is -0.151. The Morgan fingerprint density at radius 1 is 1.17 bits per heavy atom. The van der Waals surface area contributed by atoms with Crippen LogP contribution in [-0.2, 0) is 19.1 Å². The van der Waals surface area contributed by atoms with Gasteiger partial charge in [0.15, 0.2) is 3.74 Å². The van der Waals surface area contributed by atoms with Crippen LogP contribution in [0.5, 0.6) is 0 Å². The number of hydrogen-bond donors (Lipinski definition) is 0. The second kappa shape index (κ2) is 10.2. The molecule has 106 valence electrons. The summed E-state index contributed by atoms with van der Waals surface area (Å²) >= 11 is 9.46. The fourth-order valence-electron chi connectivity index (χ4n) is 1.43. The van der Waals surface area contributed by atoms with Gasteiger partial charge in [-0.3, -0.25) is 4.79 Å². The number of ether oxygens (including phenoxy) is 2. The van der Waals surface area contributed by atoms with Crippen LogP contribution in [0, 0.1) is 0 Å². The summed E-state index contributed by atoms with van der Waals surface area (Å²) in [6.45, 7) is 3.37. The van der Waals surface area contributed by atoms with Crippen LogP contribution in [0.3, 0.4) is 0 Å². The Morgan fingerprint density at radius 2 is 1.78 bits per heavy atom. The maximum atomic E-state index is 11.5. The highest BCUT2D eigenvalue weighted by molar-refractivity contribution is 9.25. The van der Waals surface area contributed by atoms with E-state index < -0.39 is 3.74 Å². The number of alkyl halides is 3. The van der Waals surface area contributed by atoms with Gasteiger partial charge >= 0.3 is 11.9 Å². The zero-order chi connectivity index (χ0) is 14.1. The number of esters is 2. The molecule has 7 heteroatoms. The summed E-state index contributed by atoms with van der Waals surface area (Å²) in [5.41, 5.74) is 0. The molecule has 0 aromatic carbocycles. The predicted octanol–water partition coefficient (Wildman–Crippen LogP) is 3.53. The van der Waals surface area contributed by atoms with Crippen molar-refractivity contribution in [2.45, 2.75) is 49.1 Å². The van der Waals surface area contributed by atoms with E-state index in [9.17, 15) is 9.59 Å². The van der Waals surface area contributed by atoms with Crippen molar-refractivity contribution >= 4 is 59.7 Å². The number of rotatable bonds is 8. The summed E-state index contributed by atoms with van der Waals surface area (Å²) in [6, 6.07) is 0. The second-order valence-electron chi connectivity index (χ2n) is 3.77. The lowest BCUT2D eigenvalue weighted by Crippen LogP contribution is -2.29. The molecule has 0 aromatic heterocycles. The first-order valence-electron chi connectivity index (χ1n) is 5.62. The molecule has 18 heavy (non-hydrogen) atoms. The fraction of sp³-hybridized carbons (Fsp3) is 0.818. The van der Waals surface area contributed by atoms with Gasteiger partial charge < -0.3 is 9.47 Å². The molecule has 0 radical (unpaired) electrons. The SMILES string of the molecule is CCCC(CC(CBr)OC(C)=O)OC(=O)C(Br)Br. The third kappa shape index (κ3) is 8.48. The van der Waals surface area contributed by atoms with Gasteiger partial charge in [-0.05, 0) is 6.42 Å². The highest BCUT2D eigenvalue weighted by Gasteiger charge is 2.23. The van der Waals surface area contributed by atoms with Crippen molar-refractivity contribution in [3.05, 3.63) is 0 Å². The molecule has 0 spiro atoms. The van der Waals surface area contributed by atoms with Gasteiger partial charge in [0.2, 0.25) is 0 Å². The minimum absolute atomic E-state index is 0.248. The van der Waals surface area contributed by atoms with Crippen molar-refractivity contribution in [1.29, 1.82) is 0 Å². The van der Waals surface area contributed by atoms with Gasteiger partial charge in [0, 0.05) is 18.7 Å². The monoisotopic (exact) mass is 450 g/mol. The van der Waals surface area contributed by atoms with E-state index in [0.717, 1.165) is 12.8 Å². The van der Waals surface area contributed by atoms with Gasteiger partial charge in [-0.25, -0.2) is 4.79 Å². The predicted molar refractivity (Wildman–Crippen MR) is 80.4 cm³/mol. The minimum atomic E-state index is -0.513. The summed E-state index contributed by atoms with van der Waals surface area (Å²) in [7, 11) is 0. The molecular weight excluding hydrogens is 436 g/mol. The van der Waals surface area contributed by atoms with Crippen LogP contribution >= 0.6 is 47.8 Å². The van der Waals surface area contributed by atoms with E-state index in [4.69, 9.17) is 9.47 Å². The van der Waals surface area contributed by atoms with E-state index in [1.54, 1.807) is 0 Å². The molecule has 0 aliphatic rings. The van der Waals surface area contributed by atoms with Crippen molar-refractivity contribution in [2.24, 2.45) is 0 Å². The van der Waals surface area contributed by atoms with Gasteiger partial charge in [-0.1, -0.05) is 61.1 Å². The van der Waals surface area contributed by atoms with E-state index in [-0.39, 0.29) is 24.1 Å². The first-order chi connectivity index (χ1) is 8.40. The maximum Gasteiger partial charge on any atom is 0.330 e. The summed E-state index contributed by atoms with van der Waals surface area (Å²) in [5.74, 6) is -0.704. The molecule has 0 N–H and O–H groups in total. The number of carbonyl (C=O) groups is 2. The second-order valence-corrected chi connectivity index (χ2v) is 7.48. The average Bonchev–Trinajstić information content (AvgIpc) is 2.27. The third-order valence-corrected chi connectivity index (χ3v) is 3.57. The van der Waals surface area contributed by atoms with E-state index in [1.165, 1.54) is 6.92 Å². The summed E-state index contributed by atoms with van der Waals surface area (Å²) in [4.78, 5) is 22.4. The Labute approximate surface area is 133 Å². The Hall–Kier alpha value is 0.380. The largest absolute Gasteiger partial charge is 0.462 e. The number of carbonyl (C=O) groups excluding carboxylic acids is 2. The van der Waals surface area contributed by atoms with Crippen LogP contribution in [0.1, 0.15) is 33.1 Å². The lowest BCUT2D eigenvalue weighted by Gasteiger charge is -2.22. The average molecular weight is 453 g/mol. The topological polar surface area (TPSA) is 52.6 Å². The fourth-order valence-corrected chi connectivity index (χ4v) is 2.05. The van der Waals surface area contributed by atoms with Crippen molar-refractivity contribution in [1.82, 2.24) is 0 Å². The Balaban J connectivity index is 4.39. The van der Waals surface area contributed by atoms with Gasteiger partial charge in [0.25, 0.3) is 0 Å². The van der Waals surface area contributed by atoms with Crippen LogP contribution in [0.25, 0.3) is 0 Å². The van der Waals surface area contributed by atoms with Crippen molar-refractivity contribution in [3.8, 4) is 0 Å². The number of hydrogen-bond acceptors (Lipinski definition) is 4. The van der Waals surface area contributed by atoms with Crippen molar-refractivity contribution in [2.75, 3.05) is 5.33 Å². The summed E-state index contributed by atoms with van der Waals surface area (Å²) < 4.78 is 9.93. The molecule has 0 rings (SSSR count). The van der Waals surface area contributed by atoms with Crippen LogP contribution in [0.15, 0.2) is 0 Å². The number of halogens is 3. The molecule has 0 saturated heterocycles. The Morgan fingerprint density at radius 3 is 2.17 bits per heavy atom. The maximum absolute atomic E-state index is 11.5. The molecule has 0 aromatic rings. The third-order valence-electron chi connectivity index (χ3n) is 2.10. The molecular formula is C11H17Br3O4. The Bertz CT molecular complexity index is 271. The summed E-state index contributed by atoms with van der Waals surface area (Å²) in [6.07, 6.45) is 1.60. The van der Waals surface area contributed by atoms with Gasteiger partial charge in [0.1, 0.15) is 12.2 Å². The van der Waals surface area contributed by atoms with Gasteiger partial charge in [-0.15, -0.1) is 0 Å². The van der Waals surface area contributed by atoms with E-state index in [2.05, 4.69) is 47.8 Å². The van der Waals surface area contributed by atoms with Crippen molar-refractivity contribution < 1.29 is 19.1 Å². The first kappa shape index (κ1) is 18.4. The molecule has 2 unspecified atom stereocenters. The van der Waals surface area contributed by atoms with E-state index >= 15 is 0 Å². The quantitative estimate of drug-likeness (QED) is 0.417. The highest BCUT2D eigenvalue weighted by atomic mass is 79.9. The standard InChI is InChI=1S/C11H17Br3O4/c1-3-4-8(18-11(16)10(13)14)5-9(6-12)17-7(2)15/h8-10H,3-6H2,1-2H3. The van der Waals surface area contributed by atoms with Crippen LogP contribution in [-0.4, -0.2) is 33.2 Å². The minimum Gasteiger partial charge on any atom is -0.462 e. The van der Waals surface area contributed by atoms with Crippen molar-refractivity contribution in [3.63, 3.8) is 0 Å². The molecule has 4 nitrogen and oxygen atoms in total. The first-order valence-corrected chi connectivity index (χ1v) is 8.57. The molecule has 0 aliphatic heterocycles. The zero-order valence-electron chi connectivity index (χ0n) is 10.3. The molecule has 0 saturated carbocycles. The lowest BCUT2D eigenvalue weighted by atomic mass is 10.1.